The Balaban J connectivity index is 1.70. The largest absolute Gasteiger partial charge is 0.497 e. The van der Waals surface area contributed by atoms with Gasteiger partial charge in [0.05, 0.1) is 20.3 Å². The van der Waals surface area contributed by atoms with Crippen molar-refractivity contribution < 1.29 is 14.3 Å². The van der Waals surface area contributed by atoms with Gasteiger partial charge >= 0.3 is 6.03 Å². The molecule has 0 aromatic heterocycles. The predicted octanol–water partition coefficient (Wildman–Crippen LogP) is 4.74. The maximum atomic E-state index is 12.4. The first kappa shape index (κ1) is 17.6. The Labute approximate surface area is 152 Å². The van der Waals surface area contributed by atoms with Gasteiger partial charge in [-0.25, -0.2) is 4.79 Å². The number of carbonyl (C=O) groups excluding carboxylic acids is 1. The number of amides is 2. The van der Waals surface area contributed by atoms with E-state index >= 15 is 0 Å². The molecule has 0 bridgehead atoms. The summed E-state index contributed by atoms with van der Waals surface area (Å²) in [6.45, 7) is 1.91. The number of methoxy groups -OCH3 is 2. The quantitative estimate of drug-likeness (QED) is 0.699. The number of rotatable bonds is 5. The van der Waals surface area contributed by atoms with Crippen LogP contribution in [0.1, 0.15) is 18.5 Å². The van der Waals surface area contributed by atoms with E-state index in [0.717, 1.165) is 22.0 Å². The fraction of sp³-hybridized carbons (Fsp3) is 0.190. The highest BCUT2D eigenvalue weighted by Crippen LogP contribution is 2.29. The van der Waals surface area contributed by atoms with E-state index in [4.69, 9.17) is 9.47 Å². The number of benzene rings is 3. The average molecular weight is 350 g/mol. The van der Waals surface area contributed by atoms with E-state index in [0.29, 0.717) is 11.5 Å². The van der Waals surface area contributed by atoms with Gasteiger partial charge in [-0.15, -0.1) is 0 Å². The molecule has 0 saturated heterocycles. The van der Waals surface area contributed by atoms with Gasteiger partial charge in [0.1, 0.15) is 11.5 Å². The second kappa shape index (κ2) is 7.78. The first-order valence-electron chi connectivity index (χ1n) is 8.39. The van der Waals surface area contributed by atoms with E-state index in [1.165, 1.54) is 0 Å². The van der Waals surface area contributed by atoms with Crippen LogP contribution in [0.5, 0.6) is 11.5 Å². The summed E-state index contributed by atoms with van der Waals surface area (Å²) >= 11 is 0. The van der Waals surface area contributed by atoms with E-state index in [2.05, 4.69) is 10.6 Å². The van der Waals surface area contributed by atoms with Crippen LogP contribution in [0.15, 0.2) is 60.7 Å². The van der Waals surface area contributed by atoms with Crippen molar-refractivity contribution >= 4 is 22.5 Å². The second-order valence-electron chi connectivity index (χ2n) is 5.99. The number of ether oxygens (including phenoxy) is 2. The van der Waals surface area contributed by atoms with Crippen LogP contribution in [-0.2, 0) is 0 Å². The molecule has 0 heterocycles. The highest BCUT2D eigenvalue weighted by molar-refractivity contribution is 5.93. The summed E-state index contributed by atoms with van der Waals surface area (Å²) in [6, 6.07) is 18.9. The Bertz CT molecular complexity index is 924. The lowest BCUT2D eigenvalue weighted by Crippen LogP contribution is -2.31. The van der Waals surface area contributed by atoms with Gasteiger partial charge in [0.25, 0.3) is 0 Å². The minimum atomic E-state index is -0.273. The van der Waals surface area contributed by atoms with Crippen molar-refractivity contribution in [2.75, 3.05) is 19.5 Å². The molecule has 5 nitrogen and oxygen atoms in total. The molecule has 0 aliphatic heterocycles. The van der Waals surface area contributed by atoms with Crippen LogP contribution in [0.2, 0.25) is 0 Å². The summed E-state index contributed by atoms with van der Waals surface area (Å²) in [5.41, 5.74) is 1.62. The van der Waals surface area contributed by atoms with Crippen molar-refractivity contribution in [1.29, 1.82) is 0 Å². The maximum absolute atomic E-state index is 12.4. The molecule has 3 aromatic rings. The molecule has 3 rings (SSSR count). The van der Waals surface area contributed by atoms with Gasteiger partial charge < -0.3 is 20.1 Å². The van der Waals surface area contributed by atoms with Gasteiger partial charge in [0.2, 0.25) is 0 Å². The van der Waals surface area contributed by atoms with Crippen LogP contribution >= 0.6 is 0 Å². The van der Waals surface area contributed by atoms with Crippen LogP contribution < -0.4 is 20.1 Å². The number of fused-ring (bicyclic) bond motifs is 1. The number of carbonyl (C=O) groups is 1. The molecule has 2 N–H and O–H groups in total. The summed E-state index contributed by atoms with van der Waals surface area (Å²) in [6.07, 6.45) is 0. The van der Waals surface area contributed by atoms with Crippen LogP contribution in [0.4, 0.5) is 10.5 Å². The number of urea groups is 1. The smallest absolute Gasteiger partial charge is 0.319 e. The van der Waals surface area contributed by atoms with E-state index in [9.17, 15) is 4.79 Å². The summed E-state index contributed by atoms with van der Waals surface area (Å²) in [7, 11) is 3.20. The van der Waals surface area contributed by atoms with E-state index in [1.54, 1.807) is 20.3 Å². The molecule has 0 radical (unpaired) electrons. The monoisotopic (exact) mass is 350 g/mol. The third kappa shape index (κ3) is 3.88. The van der Waals surface area contributed by atoms with E-state index < -0.39 is 0 Å². The molecule has 0 fully saturated rings. The molecule has 0 saturated carbocycles. The summed E-state index contributed by atoms with van der Waals surface area (Å²) in [5, 5.41) is 8.03. The average Bonchev–Trinajstić information content (AvgIpc) is 2.67. The highest BCUT2D eigenvalue weighted by Gasteiger charge is 2.15. The molecule has 1 atom stereocenters. The van der Waals surface area contributed by atoms with Gasteiger partial charge in [0.15, 0.2) is 0 Å². The van der Waals surface area contributed by atoms with Crippen LogP contribution in [0, 0.1) is 0 Å². The molecule has 26 heavy (non-hydrogen) atoms. The summed E-state index contributed by atoms with van der Waals surface area (Å²) in [5.74, 6) is 1.38. The maximum Gasteiger partial charge on any atom is 0.319 e. The lowest BCUT2D eigenvalue weighted by molar-refractivity contribution is 0.249. The van der Waals surface area contributed by atoms with E-state index in [-0.39, 0.29) is 12.1 Å². The lowest BCUT2D eigenvalue weighted by atomic mass is 10.1. The Morgan fingerprint density at radius 2 is 1.69 bits per heavy atom. The van der Waals surface area contributed by atoms with Crippen molar-refractivity contribution in [1.82, 2.24) is 5.32 Å². The highest BCUT2D eigenvalue weighted by atomic mass is 16.5. The SMILES string of the molecule is COc1ccc(C(C)NC(=O)Nc2ccc3ccccc3c2)c(OC)c1. The van der Waals surface area contributed by atoms with Gasteiger partial charge in [0, 0.05) is 17.3 Å². The zero-order valence-electron chi connectivity index (χ0n) is 15.1. The minimum Gasteiger partial charge on any atom is -0.497 e. The Morgan fingerprint density at radius 3 is 2.42 bits per heavy atom. The molecule has 0 aliphatic rings. The summed E-state index contributed by atoms with van der Waals surface area (Å²) < 4.78 is 10.6. The molecular formula is C21H22N2O3. The molecule has 1 unspecified atom stereocenters. The standard InChI is InChI=1S/C21H22N2O3/c1-14(19-11-10-18(25-2)13-20(19)26-3)22-21(24)23-17-9-8-15-6-4-5-7-16(15)12-17/h4-14H,1-3H3,(H2,22,23,24). The lowest BCUT2D eigenvalue weighted by Gasteiger charge is -2.18. The molecule has 0 aliphatic carbocycles. The molecule has 5 heteroatoms. The normalized spacial score (nSPS) is 11.7. The predicted molar refractivity (Wildman–Crippen MR) is 104 cm³/mol. The number of anilines is 1. The van der Waals surface area contributed by atoms with Crippen molar-refractivity contribution in [2.24, 2.45) is 0 Å². The molecule has 134 valence electrons. The molecule has 3 aromatic carbocycles. The van der Waals surface area contributed by atoms with Crippen molar-refractivity contribution in [3.05, 3.63) is 66.2 Å². The van der Waals surface area contributed by atoms with Gasteiger partial charge in [-0.1, -0.05) is 30.3 Å². The topological polar surface area (TPSA) is 59.6 Å². The first-order valence-corrected chi connectivity index (χ1v) is 8.39. The molecule has 2 amide bonds. The zero-order valence-corrected chi connectivity index (χ0v) is 15.1. The number of nitrogens with one attached hydrogen (secondary N) is 2. The third-order valence-electron chi connectivity index (χ3n) is 4.26. The fourth-order valence-electron chi connectivity index (χ4n) is 2.88. The fourth-order valence-corrected chi connectivity index (χ4v) is 2.88. The van der Waals surface area contributed by atoms with Crippen molar-refractivity contribution in [3.63, 3.8) is 0 Å². The Kier molecular flexibility index (Phi) is 5.27. The minimum absolute atomic E-state index is 0.226. The Morgan fingerprint density at radius 1 is 0.923 bits per heavy atom. The van der Waals surface area contributed by atoms with E-state index in [1.807, 2.05) is 61.5 Å². The number of hydrogen-bond donors (Lipinski definition) is 2. The zero-order chi connectivity index (χ0) is 18.5. The molecular weight excluding hydrogens is 328 g/mol. The van der Waals surface area contributed by atoms with Crippen molar-refractivity contribution in [2.45, 2.75) is 13.0 Å². The number of hydrogen-bond acceptors (Lipinski definition) is 3. The van der Waals surface area contributed by atoms with Crippen LogP contribution in [0.3, 0.4) is 0 Å². The van der Waals surface area contributed by atoms with Crippen LogP contribution in [0.25, 0.3) is 10.8 Å². The molecule has 0 spiro atoms. The first-order chi connectivity index (χ1) is 12.6. The van der Waals surface area contributed by atoms with Gasteiger partial charge in [-0.05, 0) is 42.0 Å². The summed E-state index contributed by atoms with van der Waals surface area (Å²) in [4.78, 5) is 12.4. The Hall–Kier alpha value is -3.21. The van der Waals surface area contributed by atoms with Gasteiger partial charge in [-0.2, -0.15) is 0 Å². The third-order valence-corrected chi connectivity index (χ3v) is 4.26. The van der Waals surface area contributed by atoms with Gasteiger partial charge in [-0.3, -0.25) is 0 Å². The van der Waals surface area contributed by atoms with Crippen LogP contribution in [-0.4, -0.2) is 20.3 Å². The van der Waals surface area contributed by atoms with Crippen molar-refractivity contribution in [3.8, 4) is 11.5 Å². The second-order valence-corrected chi connectivity index (χ2v) is 5.99.